The number of hydroxylamine groups is 1. The van der Waals surface area contributed by atoms with E-state index in [1.807, 2.05) is 42.5 Å². The third-order valence-electron chi connectivity index (χ3n) is 7.63. The van der Waals surface area contributed by atoms with Gasteiger partial charge in [0.25, 0.3) is 5.91 Å². The molecule has 222 valence electrons. The molecule has 3 heterocycles. The first-order valence-electron chi connectivity index (χ1n) is 13.5. The molecule has 1 fully saturated rings. The number of pyridine rings is 1. The molecule has 12 nitrogen and oxygen atoms in total. The number of nitrogen functional groups attached to an aromatic ring is 1. The molecule has 1 aliphatic rings. The summed E-state index contributed by atoms with van der Waals surface area (Å²) in [6.45, 7) is 0.546. The van der Waals surface area contributed by atoms with Crippen LogP contribution in [0.25, 0.3) is 28.0 Å². The first-order valence-corrected chi connectivity index (χ1v) is 15.4. The number of nitrogens with zero attached hydrogens (tertiary/aromatic N) is 4. The van der Waals surface area contributed by atoms with Crippen molar-refractivity contribution >= 4 is 27.2 Å². The minimum atomic E-state index is -3.78. The quantitative estimate of drug-likeness (QED) is 0.206. The van der Waals surface area contributed by atoms with Gasteiger partial charge in [0.2, 0.25) is 0 Å². The molecule has 5 rings (SSSR count). The van der Waals surface area contributed by atoms with Gasteiger partial charge in [-0.15, -0.1) is 0 Å². The van der Waals surface area contributed by atoms with Crippen molar-refractivity contribution in [1.82, 2.24) is 25.1 Å². The van der Waals surface area contributed by atoms with Crippen molar-refractivity contribution in [2.75, 3.05) is 39.4 Å². The molecule has 1 aliphatic carbocycles. The molecule has 0 radical (unpaired) electrons. The fourth-order valence-electron chi connectivity index (χ4n) is 5.51. The molecule has 42 heavy (non-hydrogen) atoms. The summed E-state index contributed by atoms with van der Waals surface area (Å²) in [5, 5.41) is 4.38. The van der Waals surface area contributed by atoms with Gasteiger partial charge in [0.1, 0.15) is 16.3 Å². The van der Waals surface area contributed by atoms with E-state index in [4.69, 9.17) is 25.0 Å². The lowest BCUT2D eigenvalue weighted by Gasteiger charge is -2.38. The van der Waals surface area contributed by atoms with E-state index >= 15 is 0 Å². The van der Waals surface area contributed by atoms with Crippen LogP contribution >= 0.6 is 0 Å². The Hall–Kier alpha value is -3.91. The number of amides is 1. The zero-order valence-corrected chi connectivity index (χ0v) is 24.6. The second-order valence-electron chi connectivity index (χ2n) is 10.3. The Labute approximate surface area is 244 Å². The number of hydrogen-bond acceptors (Lipinski definition) is 10. The van der Waals surface area contributed by atoms with E-state index in [1.165, 1.54) is 11.6 Å². The summed E-state index contributed by atoms with van der Waals surface area (Å²) in [4.78, 5) is 27.3. The lowest BCUT2D eigenvalue weighted by molar-refractivity contribution is -0.165. The zero-order valence-electron chi connectivity index (χ0n) is 23.7. The van der Waals surface area contributed by atoms with Gasteiger partial charge >= 0.3 is 0 Å². The van der Waals surface area contributed by atoms with Crippen LogP contribution in [-0.4, -0.2) is 73.2 Å². The number of fused-ring (bicyclic) bond motifs is 1. The van der Waals surface area contributed by atoms with Crippen molar-refractivity contribution in [3.63, 3.8) is 0 Å². The molecule has 0 saturated heterocycles. The van der Waals surface area contributed by atoms with Crippen LogP contribution in [-0.2, 0) is 28.9 Å². The summed E-state index contributed by atoms with van der Waals surface area (Å²) in [5.41, 5.74) is 11.7. The molecule has 3 aromatic heterocycles. The van der Waals surface area contributed by atoms with E-state index in [1.54, 1.807) is 19.5 Å². The third kappa shape index (κ3) is 5.73. The fourth-order valence-corrected chi connectivity index (χ4v) is 6.57. The molecule has 0 atom stereocenters. The number of carbonyl (C=O) groups is 1. The predicted molar refractivity (Wildman–Crippen MR) is 156 cm³/mol. The molecule has 4 aromatic rings. The average molecular weight is 595 g/mol. The van der Waals surface area contributed by atoms with Crippen LogP contribution in [0, 0.1) is 0 Å². The predicted octanol–water partition coefficient (Wildman–Crippen LogP) is 3.18. The highest BCUT2D eigenvalue weighted by Crippen LogP contribution is 2.43. The van der Waals surface area contributed by atoms with Gasteiger partial charge in [-0.25, -0.2) is 18.9 Å². The smallest absolute Gasteiger partial charge is 0.275 e. The van der Waals surface area contributed by atoms with Crippen LogP contribution in [0.15, 0.2) is 59.8 Å². The highest BCUT2D eigenvalue weighted by atomic mass is 32.2. The molecule has 0 aliphatic heterocycles. The highest BCUT2D eigenvalue weighted by Gasteiger charge is 2.45. The van der Waals surface area contributed by atoms with Gasteiger partial charge in [-0.3, -0.25) is 14.6 Å². The summed E-state index contributed by atoms with van der Waals surface area (Å²) in [5.74, 6) is -0.698. The first-order chi connectivity index (χ1) is 20.2. The Morgan fingerprint density at radius 1 is 1.07 bits per heavy atom. The van der Waals surface area contributed by atoms with Crippen LogP contribution < -0.4 is 11.2 Å². The molecule has 1 aromatic carbocycles. The largest absolute Gasteiger partial charge is 0.382 e. The van der Waals surface area contributed by atoms with E-state index in [-0.39, 0.29) is 23.2 Å². The number of hydrogen-bond donors (Lipinski definition) is 2. The molecule has 1 amide bonds. The van der Waals surface area contributed by atoms with Crippen molar-refractivity contribution < 1.29 is 27.5 Å². The van der Waals surface area contributed by atoms with Gasteiger partial charge in [-0.1, -0.05) is 36.4 Å². The maximum absolute atomic E-state index is 13.0. The summed E-state index contributed by atoms with van der Waals surface area (Å²) in [7, 11) is -0.859. The van der Waals surface area contributed by atoms with Crippen molar-refractivity contribution in [2.45, 2.75) is 42.1 Å². The number of nitrogens with two attached hydrogens (primary N) is 1. The topological polar surface area (TPSA) is 160 Å². The Balaban J connectivity index is 1.52. The van der Waals surface area contributed by atoms with Crippen molar-refractivity contribution in [3.05, 3.63) is 60.6 Å². The van der Waals surface area contributed by atoms with Crippen LogP contribution in [0.1, 0.15) is 37.3 Å². The molecule has 1 saturated carbocycles. The van der Waals surface area contributed by atoms with Crippen LogP contribution in [0.3, 0.4) is 0 Å². The van der Waals surface area contributed by atoms with Crippen LogP contribution in [0.5, 0.6) is 0 Å². The maximum atomic E-state index is 13.0. The van der Waals surface area contributed by atoms with Crippen LogP contribution in [0.4, 0.5) is 5.82 Å². The van der Waals surface area contributed by atoms with Gasteiger partial charge < -0.3 is 15.2 Å². The number of sulfone groups is 1. The second-order valence-corrected chi connectivity index (χ2v) is 12.3. The van der Waals surface area contributed by atoms with Gasteiger partial charge in [-0.05, 0) is 31.7 Å². The van der Waals surface area contributed by atoms with E-state index in [2.05, 4.69) is 15.6 Å². The van der Waals surface area contributed by atoms with Crippen molar-refractivity contribution in [1.29, 1.82) is 0 Å². The summed E-state index contributed by atoms with van der Waals surface area (Å²) in [6, 6.07) is 13.7. The molecule has 0 bridgehead atoms. The number of ether oxygens (including phenoxy) is 2. The Kier molecular flexibility index (Phi) is 8.55. The number of benzene rings is 1. The average Bonchev–Trinajstić information content (AvgIpc) is 3.42. The van der Waals surface area contributed by atoms with E-state index in [0.717, 1.165) is 23.1 Å². The summed E-state index contributed by atoms with van der Waals surface area (Å²) in [6.07, 6.45) is 5.98. The molecule has 13 heteroatoms. The van der Waals surface area contributed by atoms with Crippen molar-refractivity contribution in [2.24, 2.45) is 0 Å². The minimum Gasteiger partial charge on any atom is -0.382 e. The van der Waals surface area contributed by atoms with Gasteiger partial charge in [0, 0.05) is 42.2 Å². The van der Waals surface area contributed by atoms with Crippen molar-refractivity contribution in [3.8, 4) is 22.4 Å². The van der Waals surface area contributed by atoms with E-state index in [9.17, 15) is 13.2 Å². The van der Waals surface area contributed by atoms with Gasteiger partial charge in [0.15, 0.2) is 15.5 Å². The molecular formula is C29H34N6O6S. The normalized spacial score (nSPS) is 19.2. The van der Waals surface area contributed by atoms with Gasteiger partial charge in [0.05, 0.1) is 37.9 Å². The Morgan fingerprint density at radius 2 is 1.81 bits per heavy atom. The fraction of sp³-hybridized carbons (Fsp3) is 0.379. The molecule has 3 N–H and O–H groups in total. The zero-order chi connectivity index (χ0) is 29.9. The summed E-state index contributed by atoms with van der Waals surface area (Å²) >= 11 is 0. The molecule has 0 unspecified atom stereocenters. The number of carbonyl (C=O) groups excluding carboxylic acids is 1. The maximum Gasteiger partial charge on any atom is 0.275 e. The first kappa shape index (κ1) is 29.6. The Bertz CT molecular complexity index is 1670. The number of rotatable bonds is 10. The lowest BCUT2D eigenvalue weighted by Crippen LogP contribution is -2.51. The number of methoxy groups -OCH3 is 1. The number of aromatic nitrogens is 4. The molecule has 0 spiro atoms. The molecular weight excluding hydrogens is 560 g/mol. The number of anilines is 1. The monoisotopic (exact) mass is 594 g/mol. The minimum absolute atomic E-state index is 0.0112. The van der Waals surface area contributed by atoms with Gasteiger partial charge in [-0.2, -0.15) is 9.61 Å². The lowest BCUT2D eigenvalue weighted by atomic mass is 9.76. The highest BCUT2D eigenvalue weighted by molar-refractivity contribution is 7.91. The van der Waals surface area contributed by atoms with E-state index < -0.39 is 21.3 Å². The number of nitrogens with one attached hydrogen (secondary N) is 1. The SMILES string of the molecule is COCCO[C@]1(C(=O)NOC)CC[C@H](c2nc3c(-c4ccc(-c5ccccc5)nc4)cnn3c(N)c2S(C)(=O)=O)CC1. The Morgan fingerprint density at radius 3 is 2.43 bits per heavy atom. The standard InChI is InChI=1S/C29H34N6O6S/c1-39-15-16-41-29(28(36)34-40-2)13-11-20(12-14-29)24-25(42(3,37)38)26(30)35-27(33-24)22(18-32-35)21-9-10-23(31-17-21)19-7-5-4-6-8-19/h4-10,17-18,20H,11-16,30H2,1-3H3,(H,34,36)/t20-,29+. The third-order valence-corrected chi connectivity index (χ3v) is 8.79. The summed E-state index contributed by atoms with van der Waals surface area (Å²) < 4.78 is 38.5. The van der Waals surface area contributed by atoms with Crippen LogP contribution in [0.2, 0.25) is 0 Å². The van der Waals surface area contributed by atoms with E-state index in [0.29, 0.717) is 49.2 Å². The second kappa shape index (κ2) is 12.1.